The summed E-state index contributed by atoms with van der Waals surface area (Å²) in [5.41, 5.74) is 5.54. The van der Waals surface area contributed by atoms with Gasteiger partial charge in [0.2, 0.25) is 0 Å². The molecular weight excluding hydrogens is 1140 g/mol. The van der Waals surface area contributed by atoms with E-state index in [9.17, 15) is 10.5 Å². The monoisotopic (exact) mass is 1180 g/mol. The van der Waals surface area contributed by atoms with E-state index in [4.69, 9.17) is 0 Å². The number of hydrogen-bond acceptors (Lipinski definition) is 18. The summed E-state index contributed by atoms with van der Waals surface area (Å²) in [6.45, 7) is 0. The van der Waals surface area contributed by atoms with Gasteiger partial charge in [0.05, 0.1) is 63.0 Å². The molecule has 4 aliphatic heterocycles. The minimum atomic E-state index is 0.530. The number of rotatable bonds is 25. The van der Waals surface area contributed by atoms with Gasteiger partial charge in [0.1, 0.15) is 0 Å². The predicted octanol–water partition coefficient (Wildman–Crippen LogP) is 20.2. The van der Waals surface area contributed by atoms with Crippen LogP contribution >= 0.6 is 186 Å². The molecule has 0 bridgehead atoms. The van der Waals surface area contributed by atoms with Crippen molar-refractivity contribution in [1.29, 1.82) is 10.5 Å². The van der Waals surface area contributed by atoms with Crippen LogP contribution in [0.25, 0.3) is 0 Å². The molecule has 18 heteroatoms. The normalized spacial score (nSPS) is 16.3. The first-order valence-corrected chi connectivity index (χ1v) is 36.1. The fraction of sp³-hybridized carbons (Fsp3) is 0.240. The van der Waals surface area contributed by atoms with Crippen LogP contribution in [0.1, 0.15) is 35.1 Å². The van der Waals surface area contributed by atoms with Gasteiger partial charge < -0.3 is 0 Å². The summed E-state index contributed by atoms with van der Waals surface area (Å²) in [5, 5.41) is 19.0. The molecule has 0 saturated carbocycles. The Morgan fingerprint density at radius 3 is 0.765 bits per heavy atom. The third-order valence-corrected chi connectivity index (χ3v) is 33.3. The first-order chi connectivity index (χ1) is 33.6. The zero-order chi connectivity index (χ0) is 46.6. The number of thioether (sulfide) groups is 14. The molecule has 0 spiro atoms. The van der Waals surface area contributed by atoms with Crippen LogP contribution in [-0.2, 0) is 25.7 Å². The van der Waals surface area contributed by atoms with Crippen LogP contribution in [0.3, 0.4) is 0 Å². The SMILES string of the molecule is N#CCCSC1=C(SSC2=C(SCCC#N)SC(=C3SC(SCCc4ccccc4)=C(SCCc4ccccc4)S3)S2)SC(=C2SC(SCCc3ccccc3)=C(SCCc3ccccc3)S2)S1. The van der Waals surface area contributed by atoms with Crippen molar-refractivity contribution < 1.29 is 0 Å². The Morgan fingerprint density at radius 1 is 0.294 bits per heavy atom. The van der Waals surface area contributed by atoms with Crippen molar-refractivity contribution in [2.45, 2.75) is 38.5 Å². The van der Waals surface area contributed by atoms with E-state index in [1.54, 1.807) is 0 Å². The minimum Gasteiger partial charge on any atom is -0.198 e. The molecule has 350 valence electrons. The van der Waals surface area contributed by atoms with E-state index in [2.05, 4.69) is 133 Å². The molecular formula is C50H44N2S16. The highest BCUT2D eigenvalue weighted by molar-refractivity contribution is 8.84. The second kappa shape index (κ2) is 30.3. The number of nitriles is 2. The molecule has 4 heterocycles. The lowest BCUT2D eigenvalue weighted by atomic mass is 10.2. The van der Waals surface area contributed by atoms with Crippen LogP contribution in [0.4, 0.5) is 0 Å². The van der Waals surface area contributed by atoms with Gasteiger partial charge in [0, 0.05) is 47.4 Å². The topological polar surface area (TPSA) is 47.6 Å². The number of benzene rings is 4. The van der Waals surface area contributed by atoms with Crippen LogP contribution in [-0.4, -0.2) is 34.5 Å². The van der Waals surface area contributed by atoms with Crippen molar-refractivity contribution in [3.05, 3.63) is 194 Å². The highest BCUT2D eigenvalue weighted by Gasteiger charge is 2.34. The second-order valence-corrected chi connectivity index (χ2v) is 34.3. The first kappa shape index (κ1) is 54.2. The molecule has 0 amide bonds. The summed E-state index contributed by atoms with van der Waals surface area (Å²) in [7, 11) is 3.75. The van der Waals surface area contributed by atoms with Crippen LogP contribution in [0.5, 0.6) is 0 Å². The second-order valence-electron chi connectivity index (χ2n) is 14.3. The Labute approximate surface area is 470 Å². The summed E-state index contributed by atoms with van der Waals surface area (Å²) >= 11 is 27.1. The van der Waals surface area contributed by atoms with E-state index < -0.39 is 0 Å². The highest BCUT2D eigenvalue weighted by atomic mass is 33.1. The predicted molar refractivity (Wildman–Crippen MR) is 334 cm³/mol. The molecule has 8 rings (SSSR count). The Kier molecular flexibility index (Phi) is 24.1. The zero-order valence-corrected chi connectivity index (χ0v) is 49.5. The fourth-order valence-corrected chi connectivity index (χ4v) is 31.2. The van der Waals surface area contributed by atoms with E-state index in [1.165, 1.54) is 73.1 Å². The van der Waals surface area contributed by atoms with Crippen LogP contribution in [0.2, 0.25) is 0 Å². The lowest BCUT2D eigenvalue weighted by molar-refractivity contribution is 1.16. The molecule has 0 aromatic heterocycles. The van der Waals surface area contributed by atoms with Gasteiger partial charge in [0.25, 0.3) is 0 Å². The average Bonchev–Trinajstić information content (AvgIpc) is 4.18. The quantitative estimate of drug-likeness (QED) is 0.0467. The molecule has 68 heavy (non-hydrogen) atoms. The Morgan fingerprint density at radius 2 is 0.515 bits per heavy atom. The summed E-state index contributed by atoms with van der Waals surface area (Å²) in [6.07, 6.45) is 5.27. The van der Waals surface area contributed by atoms with Crippen LogP contribution in [0.15, 0.2) is 172 Å². The molecule has 0 atom stereocenters. The Hall–Kier alpha value is -0.100. The van der Waals surface area contributed by atoms with Gasteiger partial charge in [-0.15, -0.1) is 70.6 Å². The van der Waals surface area contributed by atoms with Crippen molar-refractivity contribution in [1.82, 2.24) is 0 Å². The molecule has 0 saturated heterocycles. The maximum atomic E-state index is 9.49. The van der Waals surface area contributed by atoms with Crippen LogP contribution < -0.4 is 0 Å². The smallest absolute Gasteiger partial charge is 0.0772 e. The van der Waals surface area contributed by atoms with Gasteiger partial charge >= 0.3 is 0 Å². The van der Waals surface area contributed by atoms with E-state index in [1.807, 2.05) is 186 Å². The standard InChI is InChI=1S/C50H44N2S16/c51-27-13-29-53-43-49(65-47(63-43)45-59-39(55-31-23-35-15-5-1-6-16-35)40(60-45)56-32-24-36-17-7-2-8-18-36)67-68-50-44(54-30-14-28-52)64-48(66-50)46-61-41(57-33-25-37-19-9-3-10-20-37)42(62-46)58-34-26-38-21-11-4-12-22-38/h1-12,15-22H,13-14,23-26,29-34H2. The third kappa shape index (κ3) is 17.2. The Balaban J connectivity index is 0.950. The Bertz CT molecular complexity index is 2300. The number of nitrogens with zero attached hydrogens (tertiary/aromatic N) is 2. The van der Waals surface area contributed by atoms with Crippen LogP contribution in [0, 0.1) is 22.7 Å². The van der Waals surface area contributed by atoms with Crippen molar-refractivity contribution in [2.24, 2.45) is 0 Å². The van der Waals surface area contributed by atoms with Gasteiger partial charge in [-0.3, -0.25) is 0 Å². The fourth-order valence-electron chi connectivity index (χ4n) is 6.14. The molecule has 0 unspecified atom stereocenters. The highest BCUT2D eigenvalue weighted by Crippen LogP contribution is 2.71. The van der Waals surface area contributed by atoms with Crippen molar-refractivity contribution in [3.63, 3.8) is 0 Å². The lowest BCUT2D eigenvalue weighted by Gasteiger charge is -2.06. The average molecular weight is 1190 g/mol. The van der Waals surface area contributed by atoms with E-state index in [0.29, 0.717) is 12.8 Å². The van der Waals surface area contributed by atoms with Gasteiger partial charge in [0.15, 0.2) is 0 Å². The van der Waals surface area contributed by atoms with Crippen molar-refractivity contribution in [3.8, 4) is 12.1 Å². The molecule has 4 aromatic carbocycles. The summed E-state index contributed by atoms with van der Waals surface area (Å²) in [6, 6.07) is 48.1. The molecule has 0 fully saturated rings. The first-order valence-electron chi connectivity index (χ1n) is 21.5. The van der Waals surface area contributed by atoms with Crippen molar-refractivity contribution in [2.75, 3.05) is 34.5 Å². The molecule has 2 nitrogen and oxygen atoms in total. The van der Waals surface area contributed by atoms with Gasteiger partial charge in [-0.1, -0.05) is 215 Å². The largest absolute Gasteiger partial charge is 0.198 e. The van der Waals surface area contributed by atoms with Gasteiger partial charge in [-0.2, -0.15) is 10.5 Å². The summed E-state index contributed by atoms with van der Waals surface area (Å²) in [5.74, 6) is 5.78. The van der Waals surface area contributed by atoms with Gasteiger partial charge in [-0.05, 0) is 69.5 Å². The molecule has 4 aromatic rings. The summed E-state index contributed by atoms with van der Waals surface area (Å²) < 4.78 is 16.4. The van der Waals surface area contributed by atoms with Gasteiger partial charge in [-0.25, -0.2) is 0 Å². The van der Waals surface area contributed by atoms with Crippen molar-refractivity contribution >= 4 is 186 Å². The number of aryl methyl sites for hydroxylation is 4. The third-order valence-electron chi connectivity index (χ3n) is 9.44. The molecule has 4 aliphatic rings. The maximum Gasteiger partial charge on any atom is 0.0772 e. The maximum absolute atomic E-state index is 9.49. The minimum absolute atomic E-state index is 0.530. The zero-order valence-electron chi connectivity index (χ0n) is 36.5. The molecule has 0 aliphatic carbocycles. The van der Waals surface area contributed by atoms with E-state index in [-0.39, 0.29) is 0 Å². The molecule has 0 N–H and O–H groups in total. The van der Waals surface area contributed by atoms with E-state index >= 15 is 0 Å². The summed E-state index contributed by atoms with van der Waals surface area (Å²) in [4.78, 5) is 0. The molecule has 0 radical (unpaired) electrons. The number of hydrogen-bond donors (Lipinski definition) is 0. The lowest BCUT2D eigenvalue weighted by Crippen LogP contribution is -1.89. The van der Waals surface area contributed by atoms with E-state index in [0.717, 1.165) is 60.2 Å².